The van der Waals surface area contributed by atoms with Crippen molar-refractivity contribution in [2.75, 3.05) is 7.11 Å². The van der Waals surface area contributed by atoms with Crippen LogP contribution in [0.15, 0.2) is 67.0 Å². The Hall–Kier alpha value is -3.59. The average molecular weight is 447 g/mol. The van der Waals surface area contributed by atoms with Crippen molar-refractivity contribution in [3.05, 3.63) is 83.3 Å². The van der Waals surface area contributed by atoms with E-state index in [0.29, 0.717) is 26.7 Å². The van der Waals surface area contributed by atoms with Crippen molar-refractivity contribution in [1.29, 1.82) is 0 Å². The second-order valence-corrected chi connectivity index (χ2v) is 6.91. The third-order valence-electron chi connectivity index (χ3n) is 4.52. The molecular formula is C21H14ClF3N4O2. The van der Waals surface area contributed by atoms with Gasteiger partial charge in [-0.2, -0.15) is 23.4 Å². The molecule has 0 saturated heterocycles. The normalized spacial score (nSPS) is 11.5. The molecule has 0 aliphatic rings. The maximum absolute atomic E-state index is 13.8. The fourth-order valence-corrected chi connectivity index (χ4v) is 3.16. The van der Waals surface area contributed by atoms with Gasteiger partial charge in [-0.1, -0.05) is 11.6 Å². The molecule has 0 radical (unpaired) electrons. The van der Waals surface area contributed by atoms with Crippen molar-refractivity contribution in [1.82, 2.24) is 19.6 Å². The van der Waals surface area contributed by atoms with Crippen molar-refractivity contribution in [2.45, 2.75) is 6.18 Å². The first-order valence-corrected chi connectivity index (χ1v) is 9.31. The number of halogens is 4. The van der Waals surface area contributed by atoms with Crippen LogP contribution in [-0.2, 0) is 6.18 Å². The Bertz CT molecular complexity index is 1230. The van der Waals surface area contributed by atoms with E-state index in [1.807, 2.05) is 0 Å². The quantitative estimate of drug-likeness (QED) is 0.437. The average Bonchev–Trinajstić information content (AvgIpc) is 3.41. The number of nitrogens with zero attached hydrogens (tertiary/aromatic N) is 4. The Morgan fingerprint density at radius 2 is 1.71 bits per heavy atom. The first-order valence-electron chi connectivity index (χ1n) is 8.94. The van der Waals surface area contributed by atoms with Crippen LogP contribution in [-0.4, -0.2) is 32.6 Å². The largest absolute Gasteiger partial charge is 0.497 e. The van der Waals surface area contributed by atoms with E-state index in [0.717, 1.165) is 10.9 Å². The van der Waals surface area contributed by atoms with Gasteiger partial charge in [-0.15, -0.1) is 0 Å². The number of aromatic nitrogens is 4. The monoisotopic (exact) mass is 446 g/mol. The van der Waals surface area contributed by atoms with E-state index in [9.17, 15) is 18.0 Å². The fourth-order valence-electron chi connectivity index (χ4n) is 3.03. The smallest absolute Gasteiger partial charge is 0.434 e. The summed E-state index contributed by atoms with van der Waals surface area (Å²) in [6.45, 7) is 0. The molecule has 0 amide bonds. The standard InChI is InChI=1S/C21H14ClF3N4O2/c1-31-16-8-2-13(3-9-16)18-10-11-28(27-18)20(30)17-12-26-29(19(17)21(23,24)25)15-6-4-14(22)5-7-15/h2-12H,1H3. The van der Waals surface area contributed by atoms with Crippen LogP contribution in [0.25, 0.3) is 16.9 Å². The molecule has 31 heavy (non-hydrogen) atoms. The predicted molar refractivity (Wildman–Crippen MR) is 108 cm³/mol. The van der Waals surface area contributed by atoms with Gasteiger partial charge in [0.15, 0.2) is 5.69 Å². The molecule has 0 atom stereocenters. The van der Waals surface area contributed by atoms with Gasteiger partial charge in [-0.05, 0) is 54.6 Å². The van der Waals surface area contributed by atoms with E-state index in [4.69, 9.17) is 16.3 Å². The van der Waals surface area contributed by atoms with Crippen LogP contribution >= 0.6 is 11.6 Å². The van der Waals surface area contributed by atoms with E-state index in [2.05, 4.69) is 10.2 Å². The van der Waals surface area contributed by atoms with Gasteiger partial charge in [-0.25, -0.2) is 9.36 Å². The topological polar surface area (TPSA) is 61.9 Å². The van der Waals surface area contributed by atoms with Gasteiger partial charge in [0.1, 0.15) is 5.75 Å². The minimum absolute atomic E-state index is 0.121. The molecule has 0 bridgehead atoms. The lowest BCUT2D eigenvalue weighted by molar-refractivity contribution is -0.143. The van der Waals surface area contributed by atoms with Crippen molar-refractivity contribution in [2.24, 2.45) is 0 Å². The van der Waals surface area contributed by atoms with E-state index in [1.165, 1.54) is 43.6 Å². The van der Waals surface area contributed by atoms with Gasteiger partial charge in [0.25, 0.3) is 5.91 Å². The van der Waals surface area contributed by atoms with Gasteiger partial charge in [-0.3, -0.25) is 4.79 Å². The summed E-state index contributed by atoms with van der Waals surface area (Å²) in [5.74, 6) is -0.309. The summed E-state index contributed by atoms with van der Waals surface area (Å²) in [7, 11) is 1.53. The summed E-state index contributed by atoms with van der Waals surface area (Å²) in [5.41, 5.74) is -0.585. The Morgan fingerprint density at radius 3 is 2.32 bits per heavy atom. The molecule has 4 aromatic rings. The van der Waals surface area contributed by atoms with Crippen LogP contribution in [0.4, 0.5) is 13.2 Å². The minimum atomic E-state index is -4.83. The Labute approximate surface area is 179 Å². The number of ether oxygens (including phenoxy) is 1. The Morgan fingerprint density at radius 1 is 1.03 bits per heavy atom. The molecule has 0 fully saturated rings. The lowest BCUT2D eigenvalue weighted by Gasteiger charge is -2.12. The van der Waals surface area contributed by atoms with E-state index in [1.54, 1.807) is 24.3 Å². The molecule has 158 valence electrons. The van der Waals surface area contributed by atoms with Gasteiger partial charge in [0.2, 0.25) is 0 Å². The number of alkyl halides is 3. The molecule has 2 heterocycles. The molecule has 0 unspecified atom stereocenters. The maximum atomic E-state index is 13.8. The number of hydrogen-bond acceptors (Lipinski definition) is 4. The SMILES string of the molecule is COc1ccc(-c2ccn(C(=O)c3cnn(-c4ccc(Cl)cc4)c3C(F)(F)F)n2)cc1. The van der Waals surface area contributed by atoms with E-state index < -0.39 is 23.3 Å². The van der Waals surface area contributed by atoms with Crippen LogP contribution in [0, 0.1) is 0 Å². The fraction of sp³-hybridized carbons (Fsp3) is 0.0952. The summed E-state index contributed by atoms with van der Waals surface area (Å²) < 4.78 is 48.1. The summed E-state index contributed by atoms with van der Waals surface area (Å²) in [6, 6.07) is 14.1. The number of methoxy groups -OCH3 is 1. The highest BCUT2D eigenvalue weighted by Crippen LogP contribution is 2.34. The molecule has 2 aromatic carbocycles. The first-order chi connectivity index (χ1) is 14.8. The molecule has 0 N–H and O–H groups in total. The zero-order valence-corrected chi connectivity index (χ0v) is 16.7. The van der Waals surface area contributed by atoms with Crippen molar-refractivity contribution in [3.63, 3.8) is 0 Å². The van der Waals surface area contributed by atoms with Gasteiger partial charge in [0.05, 0.1) is 30.3 Å². The summed E-state index contributed by atoms with van der Waals surface area (Å²) >= 11 is 5.81. The highest BCUT2D eigenvalue weighted by atomic mass is 35.5. The predicted octanol–water partition coefficient (Wildman–Crippen LogP) is 5.11. The maximum Gasteiger partial charge on any atom is 0.434 e. The summed E-state index contributed by atoms with van der Waals surface area (Å²) in [4.78, 5) is 12.9. The lowest BCUT2D eigenvalue weighted by atomic mass is 10.1. The second-order valence-electron chi connectivity index (χ2n) is 6.47. The molecule has 0 aliphatic carbocycles. The zero-order chi connectivity index (χ0) is 22.2. The minimum Gasteiger partial charge on any atom is -0.497 e. The van der Waals surface area contributed by atoms with Crippen molar-refractivity contribution >= 4 is 17.5 Å². The van der Waals surface area contributed by atoms with Crippen LogP contribution in [0.3, 0.4) is 0 Å². The van der Waals surface area contributed by atoms with Crippen LogP contribution in [0.5, 0.6) is 5.75 Å². The van der Waals surface area contributed by atoms with Crippen molar-refractivity contribution in [3.8, 4) is 22.7 Å². The van der Waals surface area contributed by atoms with Crippen LogP contribution in [0.1, 0.15) is 16.1 Å². The highest BCUT2D eigenvalue weighted by Gasteiger charge is 2.41. The molecular weight excluding hydrogens is 433 g/mol. The van der Waals surface area contributed by atoms with E-state index >= 15 is 0 Å². The molecule has 0 spiro atoms. The number of carbonyl (C=O) groups excluding carboxylic acids is 1. The number of rotatable bonds is 4. The third kappa shape index (κ3) is 4.04. The molecule has 10 heteroatoms. The third-order valence-corrected chi connectivity index (χ3v) is 4.77. The van der Waals surface area contributed by atoms with Crippen LogP contribution in [0.2, 0.25) is 5.02 Å². The Kier molecular flexibility index (Phi) is 5.28. The second kappa shape index (κ2) is 7.92. The lowest BCUT2D eigenvalue weighted by Crippen LogP contribution is -2.21. The number of benzene rings is 2. The van der Waals surface area contributed by atoms with Crippen molar-refractivity contribution < 1.29 is 22.7 Å². The molecule has 0 saturated carbocycles. The zero-order valence-electron chi connectivity index (χ0n) is 16.0. The van der Waals surface area contributed by atoms with Gasteiger partial charge < -0.3 is 4.74 Å². The molecule has 2 aromatic heterocycles. The Balaban J connectivity index is 1.72. The van der Waals surface area contributed by atoms with Gasteiger partial charge in [0, 0.05) is 16.8 Å². The first kappa shape index (κ1) is 20.7. The van der Waals surface area contributed by atoms with Crippen LogP contribution < -0.4 is 4.74 Å². The number of carbonyl (C=O) groups is 1. The molecule has 4 rings (SSSR count). The molecule has 6 nitrogen and oxygen atoms in total. The summed E-state index contributed by atoms with van der Waals surface area (Å²) in [5, 5.41) is 8.29. The summed E-state index contributed by atoms with van der Waals surface area (Å²) in [6.07, 6.45) is -2.64. The number of hydrogen-bond donors (Lipinski definition) is 0. The molecule has 0 aliphatic heterocycles. The van der Waals surface area contributed by atoms with Gasteiger partial charge >= 0.3 is 6.18 Å². The highest BCUT2D eigenvalue weighted by molar-refractivity contribution is 6.30. The van der Waals surface area contributed by atoms with E-state index in [-0.39, 0.29) is 5.69 Å².